The number of likely N-dealkylation sites (tertiary alicyclic amines) is 1. The number of carbonyl (C=O) groups is 1. The maximum atomic E-state index is 12.0. The number of nitrogens with zero attached hydrogens (tertiary/aromatic N) is 2. The quantitative estimate of drug-likeness (QED) is 0.691. The number of carbonyl (C=O) groups excluding carboxylic acids is 1. The predicted molar refractivity (Wildman–Crippen MR) is 109 cm³/mol. The lowest BCUT2D eigenvalue weighted by Crippen LogP contribution is -2.39. The van der Waals surface area contributed by atoms with Crippen molar-refractivity contribution in [1.82, 2.24) is 9.47 Å². The van der Waals surface area contributed by atoms with Crippen molar-refractivity contribution in [2.24, 2.45) is 13.0 Å². The third kappa shape index (κ3) is 5.10. The molecule has 1 aliphatic rings. The summed E-state index contributed by atoms with van der Waals surface area (Å²) in [5.41, 5.74) is 3.73. The van der Waals surface area contributed by atoms with E-state index in [-0.39, 0.29) is 11.9 Å². The lowest BCUT2D eigenvalue weighted by atomic mass is 9.97. The van der Waals surface area contributed by atoms with Crippen LogP contribution in [0.1, 0.15) is 37.4 Å². The summed E-state index contributed by atoms with van der Waals surface area (Å²) in [6, 6.07) is 14.8. The first-order valence-corrected chi connectivity index (χ1v) is 9.95. The Morgan fingerprint density at radius 1 is 1.22 bits per heavy atom. The van der Waals surface area contributed by atoms with Gasteiger partial charge in [0.05, 0.1) is 12.5 Å². The summed E-state index contributed by atoms with van der Waals surface area (Å²) in [5.74, 6) is -0.00401. The molecule has 0 aliphatic carbocycles. The first-order chi connectivity index (χ1) is 13.2. The van der Waals surface area contributed by atoms with Crippen LogP contribution < -0.4 is 0 Å². The molecule has 0 radical (unpaired) electrons. The second-order valence-corrected chi connectivity index (χ2v) is 7.17. The maximum absolute atomic E-state index is 12.0. The maximum Gasteiger partial charge on any atom is 0.310 e. The van der Waals surface area contributed by atoms with Crippen LogP contribution in [0.5, 0.6) is 0 Å². The minimum Gasteiger partial charge on any atom is -0.466 e. The largest absolute Gasteiger partial charge is 0.466 e. The molecule has 4 heteroatoms. The Hall–Kier alpha value is -2.33. The number of aromatic nitrogens is 1. The van der Waals surface area contributed by atoms with Gasteiger partial charge in [0.2, 0.25) is 0 Å². The predicted octanol–water partition coefficient (Wildman–Crippen LogP) is 4.12. The van der Waals surface area contributed by atoms with Crippen LogP contribution >= 0.6 is 0 Å². The van der Waals surface area contributed by atoms with Crippen molar-refractivity contribution in [3.8, 4) is 0 Å². The van der Waals surface area contributed by atoms with Crippen LogP contribution in [-0.2, 0) is 16.6 Å². The molecule has 1 saturated heterocycles. The van der Waals surface area contributed by atoms with Crippen LogP contribution in [0.15, 0.2) is 54.7 Å². The van der Waals surface area contributed by atoms with E-state index in [1.54, 1.807) is 0 Å². The molecule has 3 rings (SSSR count). The van der Waals surface area contributed by atoms with E-state index in [2.05, 4.69) is 71.3 Å². The second kappa shape index (κ2) is 9.56. The normalized spacial score (nSPS) is 18.4. The molecule has 4 nitrogen and oxygen atoms in total. The van der Waals surface area contributed by atoms with E-state index >= 15 is 0 Å². The van der Waals surface area contributed by atoms with Crippen LogP contribution in [0.3, 0.4) is 0 Å². The number of piperidine rings is 1. The lowest BCUT2D eigenvalue weighted by molar-refractivity contribution is -0.149. The van der Waals surface area contributed by atoms with E-state index < -0.39 is 0 Å². The molecular formula is C23H30N2O2. The van der Waals surface area contributed by atoms with Crippen molar-refractivity contribution >= 4 is 11.5 Å². The van der Waals surface area contributed by atoms with Gasteiger partial charge in [-0.15, -0.1) is 0 Å². The standard InChI is InChI=1S/C23H30N2O2/c1-3-27-23(26)20-12-7-16-25(18-20)17-8-13-21(19-10-5-4-6-11-19)22-14-9-15-24(22)2/h4-6,9-11,13-15,20H,3,7-8,12,16-18H2,1-2H3/t20-/m1/s1. The highest BCUT2D eigenvalue weighted by Crippen LogP contribution is 2.24. The molecule has 0 spiro atoms. The lowest BCUT2D eigenvalue weighted by Gasteiger charge is -2.31. The zero-order chi connectivity index (χ0) is 19.1. The second-order valence-electron chi connectivity index (χ2n) is 7.17. The Morgan fingerprint density at radius 2 is 2.04 bits per heavy atom. The fraction of sp³-hybridized carbons (Fsp3) is 0.435. The van der Waals surface area contributed by atoms with Gasteiger partial charge in [-0.25, -0.2) is 0 Å². The van der Waals surface area contributed by atoms with Crippen LogP contribution in [-0.4, -0.2) is 41.7 Å². The van der Waals surface area contributed by atoms with Gasteiger partial charge >= 0.3 is 5.97 Å². The average molecular weight is 367 g/mol. The Labute approximate surface area is 162 Å². The molecule has 1 fully saturated rings. The Morgan fingerprint density at radius 3 is 2.74 bits per heavy atom. The SMILES string of the molecule is CCOC(=O)[C@@H]1CCCN(CCC=C(c2ccccc2)c2cccn2C)C1. The summed E-state index contributed by atoms with van der Waals surface area (Å²) in [6.07, 6.45) is 7.39. The van der Waals surface area contributed by atoms with E-state index in [0.29, 0.717) is 6.61 Å². The van der Waals surface area contributed by atoms with Gasteiger partial charge in [0.25, 0.3) is 0 Å². The molecule has 1 aromatic carbocycles. The third-order valence-electron chi connectivity index (χ3n) is 5.22. The Kier molecular flexibility index (Phi) is 6.88. The van der Waals surface area contributed by atoms with Gasteiger partial charge in [-0.1, -0.05) is 36.4 Å². The summed E-state index contributed by atoms with van der Waals surface area (Å²) < 4.78 is 7.38. The van der Waals surface area contributed by atoms with E-state index in [9.17, 15) is 4.79 Å². The van der Waals surface area contributed by atoms with Crippen molar-refractivity contribution < 1.29 is 9.53 Å². The fourth-order valence-corrected chi connectivity index (χ4v) is 3.83. The van der Waals surface area contributed by atoms with Crippen molar-refractivity contribution in [2.75, 3.05) is 26.2 Å². The average Bonchev–Trinajstić information content (AvgIpc) is 3.12. The Bertz CT molecular complexity index is 764. The van der Waals surface area contributed by atoms with E-state index in [0.717, 1.165) is 38.9 Å². The number of esters is 1. The van der Waals surface area contributed by atoms with Gasteiger partial charge in [-0.2, -0.15) is 0 Å². The minimum atomic E-state index is -0.0356. The van der Waals surface area contributed by atoms with E-state index in [1.807, 2.05) is 6.92 Å². The molecule has 0 amide bonds. The molecule has 0 saturated carbocycles. The summed E-state index contributed by atoms with van der Waals surface area (Å²) in [7, 11) is 2.08. The molecule has 1 atom stereocenters. The number of aryl methyl sites for hydroxylation is 1. The van der Waals surface area contributed by atoms with Gasteiger partial charge in [0.1, 0.15) is 0 Å². The zero-order valence-electron chi connectivity index (χ0n) is 16.4. The van der Waals surface area contributed by atoms with Crippen LogP contribution in [0, 0.1) is 5.92 Å². The molecule has 1 aromatic heterocycles. The first kappa shape index (κ1) is 19.4. The number of hydrogen-bond acceptors (Lipinski definition) is 3. The van der Waals surface area contributed by atoms with Crippen molar-refractivity contribution in [3.05, 3.63) is 66.0 Å². The monoisotopic (exact) mass is 366 g/mol. The van der Waals surface area contributed by atoms with Gasteiger partial charge in [0, 0.05) is 37.6 Å². The van der Waals surface area contributed by atoms with Crippen LogP contribution in [0.2, 0.25) is 0 Å². The molecule has 0 unspecified atom stereocenters. The smallest absolute Gasteiger partial charge is 0.310 e. The van der Waals surface area contributed by atoms with Crippen LogP contribution in [0.4, 0.5) is 0 Å². The summed E-state index contributed by atoms with van der Waals surface area (Å²) >= 11 is 0. The highest BCUT2D eigenvalue weighted by Gasteiger charge is 2.26. The zero-order valence-corrected chi connectivity index (χ0v) is 16.4. The van der Waals surface area contributed by atoms with Crippen molar-refractivity contribution in [3.63, 3.8) is 0 Å². The van der Waals surface area contributed by atoms with Crippen LogP contribution in [0.25, 0.3) is 5.57 Å². The third-order valence-corrected chi connectivity index (χ3v) is 5.22. The minimum absolute atomic E-state index is 0.0316. The topological polar surface area (TPSA) is 34.5 Å². The molecule has 0 N–H and O–H groups in total. The number of benzene rings is 1. The number of ether oxygens (including phenoxy) is 1. The van der Waals surface area contributed by atoms with Crippen molar-refractivity contribution in [1.29, 1.82) is 0 Å². The highest BCUT2D eigenvalue weighted by molar-refractivity contribution is 5.78. The molecule has 2 aromatic rings. The Balaban J connectivity index is 1.67. The molecule has 27 heavy (non-hydrogen) atoms. The number of hydrogen-bond donors (Lipinski definition) is 0. The van der Waals surface area contributed by atoms with Gasteiger partial charge in [-0.3, -0.25) is 4.79 Å². The van der Waals surface area contributed by atoms with Gasteiger partial charge < -0.3 is 14.2 Å². The van der Waals surface area contributed by atoms with Gasteiger partial charge in [-0.05, 0) is 50.4 Å². The molecule has 2 heterocycles. The summed E-state index contributed by atoms with van der Waals surface area (Å²) in [5, 5.41) is 0. The van der Waals surface area contributed by atoms with E-state index in [1.165, 1.54) is 16.8 Å². The molecular weight excluding hydrogens is 336 g/mol. The van der Waals surface area contributed by atoms with Crippen molar-refractivity contribution in [2.45, 2.75) is 26.2 Å². The first-order valence-electron chi connectivity index (χ1n) is 9.95. The molecule has 144 valence electrons. The number of rotatable bonds is 7. The van der Waals surface area contributed by atoms with Gasteiger partial charge in [0.15, 0.2) is 0 Å². The van der Waals surface area contributed by atoms with E-state index in [4.69, 9.17) is 4.74 Å². The summed E-state index contributed by atoms with van der Waals surface area (Å²) in [4.78, 5) is 14.4. The fourth-order valence-electron chi connectivity index (χ4n) is 3.83. The summed E-state index contributed by atoms with van der Waals surface area (Å²) in [6.45, 7) is 5.19. The molecule has 0 bridgehead atoms. The molecule has 1 aliphatic heterocycles. The highest BCUT2D eigenvalue weighted by atomic mass is 16.5.